The lowest BCUT2D eigenvalue weighted by molar-refractivity contribution is -0.130. The number of carbonyl (C=O) groups is 1. The van der Waals surface area contributed by atoms with Crippen LogP contribution in [0.4, 0.5) is 11.4 Å². The molecule has 0 bridgehead atoms. The first-order valence-corrected chi connectivity index (χ1v) is 6.57. The van der Waals surface area contributed by atoms with Gasteiger partial charge in [-0.25, -0.2) is 0 Å². The number of carbonyl (C=O) groups excluding carboxylic acids is 1. The van der Waals surface area contributed by atoms with Crippen molar-refractivity contribution >= 4 is 17.3 Å². The summed E-state index contributed by atoms with van der Waals surface area (Å²) in [4.78, 5) is 13.6. The second kappa shape index (κ2) is 7.51. The molecule has 1 aromatic rings. The minimum absolute atomic E-state index is 0.152. The molecule has 3 N–H and O–H groups in total. The molecule has 0 spiro atoms. The fraction of sp³-hybridized carbons (Fsp3) is 0.500. The van der Waals surface area contributed by atoms with Crippen LogP contribution in [-0.2, 0) is 4.79 Å². The summed E-state index contributed by atoms with van der Waals surface area (Å²) in [5.74, 6) is 0.894. The highest BCUT2D eigenvalue weighted by atomic mass is 16.5. The molecule has 1 amide bonds. The van der Waals surface area contributed by atoms with E-state index in [1.807, 2.05) is 30.9 Å². The van der Waals surface area contributed by atoms with Gasteiger partial charge < -0.3 is 20.7 Å². The summed E-state index contributed by atoms with van der Waals surface area (Å²) in [5.41, 5.74) is 7.31. The molecule has 0 saturated carbocycles. The Bertz CT molecular complexity index is 417. The molecular weight excluding hydrogens is 242 g/mol. The lowest BCUT2D eigenvalue weighted by Gasteiger charge is -2.19. The molecular formula is C14H23N3O2. The van der Waals surface area contributed by atoms with E-state index < -0.39 is 0 Å². The van der Waals surface area contributed by atoms with E-state index >= 15 is 0 Å². The molecule has 0 fully saturated rings. The monoisotopic (exact) mass is 265 g/mol. The Labute approximate surface area is 114 Å². The van der Waals surface area contributed by atoms with Crippen molar-refractivity contribution in [2.75, 3.05) is 37.8 Å². The van der Waals surface area contributed by atoms with E-state index in [-0.39, 0.29) is 5.91 Å². The maximum absolute atomic E-state index is 11.8. The molecule has 0 atom stereocenters. The third kappa shape index (κ3) is 4.35. The molecule has 0 aromatic heterocycles. The van der Waals surface area contributed by atoms with Crippen molar-refractivity contribution in [3.05, 3.63) is 18.2 Å². The number of anilines is 2. The Balaban J connectivity index is 2.51. The predicted octanol–water partition coefficient (Wildman–Crippen LogP) is 1.95. The van der Waals surface area contributed by atoms with E-state index in [1.165, 1.54) is 0 Å². The molecule has 19 heavy (non-hydrogen) atoms. The molecule has 0 heterocycles. The number of benzene rings is 1. The van der Waals surface area contributed by atoms with Crippen LogP contribution in [0, 0.1) is 0 Å². The average Bonchev–Trinajstić information content (AvgIpc) is 2.42. The molecule has 5 heteroatoms. The summed E-state index contributed by atoms with van der Waals surface area (Å²) in [6, 6.07) is 5.42. The van der Waals surface area contributed by atoms with Crippen LogP contribution in [0.2, 0.25) is 0 Å². The van der Waals surface area contributed by atoms with Crippen molar-refractivity contribution in [3.8, 4) is 5.75 Å². The Kier molecular flexibility index (Phi) is 5.99. The van der Waals surface area contributed by atoms with Crippen LogP contribution in [0.5, 0.6) is 5.75 Å². The number of amides is 1. The van der Waals surface area contributed by atoms with Gasteiger partial charge in [0.25, 0.3) is 0 Å². The van der Waals surface area contributed by atoms with E-state index in [1.54, 1.807) is 13.2 Å². The summed E-state index contributed by atoms with van der Waals surface area (Å²) < 4.78 is 5.14. The predicted molar refractivity (Wildman–Crippen MR) is 78.4 cm³/mol. The number of methoxy groups -OCH3 is 1. The quantitative estimate of drug-likeness (QED) is 0.739. The van der Waals surface area contributed by atoms with Crippen LogP contribution >= 0.6 is 0 Å². The standard InChI is InChI=1S/C14H23N3O2/c1-4-17(5-2)14(18)8-9-16-13-10-11(19-3)6-7-12(13)15/h6-7,10,16H,4-5,8-9,15H2,1-3H3. The summed E-state index contributed by atoms with van der Waals surface area (Å²) in [6.45, 7) is 6.02. The van der Waals surface area contributed by atoms with Gasteiger partial charge in [-0.1, -0.05) is 0 Å². The number of hydrogen-bond acceptors (Lipinski definition) is 4. The van der Waals surface area contributed by atoms with Crippen molar-refractivity contribution in [2.24, 2.45) is 0 Å². The Hall–Kier alpha value is -1.91. The van der Waals surface area contributed by atoms with Crippen LogP contribution in [-0.4, -0.2) is 37.6 Å². The first-order valence-electron chi connectivity index (χ1n) is 6.57. The van der Waals surface area contributed by atoms with E-state index in [4.69, 9.17) is 10.5 Å². The molecule has 0 aliphatic heterocycles. The normalized spacial score (nSPS) is 10.1. The van der Waals surface area contributed by atoms with Crippen LogP contribution in [0.1, 0.15) is 20.3 Å². The van der Waals surface area contributed by atoms with Gasteiger partial charge in [-0.05, 0) is 26.0 Å². The van der Waals surface area contributed by atoms with Crippen molar-refractivity contribution in [3.63, 3.8) is 0 Å². The van der Waals surface area contributed by atoms with Crippen molar-refractivity contribution in [1.29, 1.82) is 0 Å². The van der Waals surface area contributed by atoms with Gasteiger partial charge in [0.05, 0.1) is 18.5 Å². The number of nitrogens with two attached hydrogens (primary N) is 1. The summed E-state index contributed by atoms with van der Waals surface area (Å²) in [5, 5.41) is 3.17. The molecule has 0 aliphatic carbocycles. The highest BCUT2D eigenvalue weighted by molar-refractivity contribution is 5.77. The second-order valence-electron chi connectivity index (χ2n) is 4.20. The van der Waals surface area contributed by atoms with E-state index in [0.717, 1.165) is 24.5 Å². The molecule has 0 radical (unpaired) electrons. The van der Waals surface area contributed by atoms with E-state index in [2.05, 4.69) is 5.32 Å². The fourth-order valence-electron chi connectivity index (χ4n) is 1.85. The van der Waals surface area contributed by atoms with Gasteiger partial charge in [0.1, 0.15) is 5.75 Å². The summed E-state index contributed by atoms with van der Waals surface area (Å²) in [6.07, 6.45) is 0.457. The number of nitrogens with zero attached hydrogens (tertiary/aromatic N) is 1. The Morgan fingerprint density at radius 1 is 1.37 bits per heavy atom. The zero-order valence-electron chi connectivity index (χ0n) is 11.9. The smallest absolute Gasteiger partial charge is 0.224 e. The molecule has 0 unspecified atom stereocenters. The molecule has 5 nitrogen and oxygen atoms in total. The third-order valence-corrected chi connectivity index (χ3v) is 3.03. The van der Waals surface area contributed by atoms with Gasteiger partial charge >= 0.3 is 0 Å². The lowest BCUT2D eigenvalue weighted by atomic mass is 10.2. The number of rotatable bonds is 7. The minimum atomic E-state index is 0.152. The summed E-state index contributed by atoms with van der Waals surface area (Å²) in [7, 11) is 1.61. The molecule has 1 aromatic carbocycles. The highest BCUT2D eigenvalue weighted by Crippen LogP contribution is 2.24. The maximum Gasteiger partial charge on any atom is 0.224 e. The first kappa shape index (κ1) is 15.1. The largest absolute Gasteiger partial charge is 0.497 e. The number of hydrogen-bond donors (Lipinski definition) is 2. The molecule has 106 valence electrons. The zero-order chi connectivity index (χ0) is 14.3. The van der Waals surface area contributed by atoms with Gasteiger partial charge in [-0.2, -0.15) is 0 Å². The second-order valence-corrected chi connectivity index (χ2v) is 4.20. The van der Waals surface area contributed by atoms with Gasteiger partial charge in [0.2, 0.25) is 5.91 Å². The molecule has 0 aliphatic rings. The number of ether oxygens (including phenoxy) is 1. The molecule has 0 saturated heterocycles. The lowest BCUT2D eigenvalue weighted by Crippen LogP contribution is -2.31. The average molecular weight is 265 g/mol. The van der Waals surface area contributed by atoms with Crippen molar-refractivity contribution in [1.82, 2.24) is 4.90 Å². The maximum atomic E-state index is 11.8. The van der Waals surface area contributed by atoms with E-state index in [9.17, 15) is 4.79 Å². The number of nitrogens with one attached hydrogen (secondary N) is 1. The van der Waals surface area contributed by atoms with Gasteiger partial charge in [0, 0.05) is 32.1 Å². The molecule has 1 rings (SSSR count). The highest BCUT2D eigenvalue weighted by Gasteiger charge is 2.09. The number of nitrogen functional groups attached to an aromatic ring is 1. The Morgan fingerprint density at radius 2 is 2.05 bits per heavy atom. The summed E-state index contributed by atoms with van der Waals surface area (Å²) >= 11 is 0. The van der Waals surface area contributed by atoms with Crippen LogP contribution in [0.25, 0.3) is 0 Å². The SMILES string of the molecule is CCN(CC)C(=O)CCNc1cc(OC)ccc1N. The van der Waals surface area contributed by atoms with Crippen LogP contribution in [0.3, 0.4) is 0 Å². The zero-order valence-corrected chi connectivity index (χ0v) is 11.9. The topological polar surface area (TPSA) is 67.6 Å². The van der Waals surface area contributed by atoms with Crippen LogP contribution in [0.15, 0.2) is 18.2 Å². The van der Waals surface area contributed by atoms with Gasteiger partial charge in [-0.3, -0.25) is 4.79 Å². The third-order valence-electron chi connectivity index (χ3n) is 3.03. The van der Waals surface area contributed by atoms with Gasteiger partial charge in [0.15, 0.2) is 0 Å². The van der Waals surface area contributed by atoms with E-state index in [0.29, 0.717) is 18.7 Å². The van der Waals surface area contributed by atoms with Crippen LogP contribution < -0.4 is 15.8 Å². The van der Waals surface area contributed by atoms with Crippen molar-refractivity contribution < 1.29 is 9.53 Å². The van der Waals surface area contributed by atoms with Crippen molar-refractivity contribution in [2.45, 2.75) is 20.3 Å². The first-order chi connectivity index (χ1) is 9.12. The fourth-order valence-corrected chi connectivity index (χ4v) is 1.85. The Morgan fingerprint density at radius 3 is 2.63 bits per heavy atom. The minimum Gasteiger partial charge on any atom is -0.497 e. The van der Waals surface area contributed by atoms with Gasteiger partial charge in [-0.15, -0.1) is 0 Å².